The number of carbonyl (C=O) groups is 1. The normalized spacial score (nSPS) is 22.0. The van der Waals surface area contributed by atoms with Crippen molar-refractivity contribution in [3.8, 4) is 11.6 Å². The molecule has 0 bridgehead atoms. The molecule has 35 heavy (non-hydrogen) atoms. The van der Waals surface area contributed by atoms with Crippen molar-refractivity contribution in [1.82, 2.24) is 25.1 Å². The molecule has 0 spiro atoms. The number of ether oxygens (including phenoxy) is 1. The smallest absolute Gasteiger partial charge is 0.225 e. The molecular formula is C27H32ClN5O2. The Kier molecular flexibility index (Phi) is 6.53. The molecule has 8 heteroatoms. The molecule has 5 rings (SSSR count). The van der Waals surface area contributed by atoms with Crippen molar-refractivity contribution >= 4 is 17.5 Å². The summed E-state index contributed by atoms with van der Waals surface area (Å²) in [6, 6.07) is 11.6. The number of nitrogens with one attached hydrogen (secondary N) is 1. The lowest BCUT2D eigenvalue weighted by atomic mass is 9.86. The van der Waals surface area contributed by atoms with Crippen LogP contribution in [0.3, 0.4) is 0 Å². The molecule has 1 aromatic carbocycles. The Hall–Kier alpha value is -2.93. The Morgan fingerprint density at radius 1 is 1.09 bits per heavy atom. The van der Waals surface area contributed by atoms with E-state index in [2.05, 4.69) is 31.1 Å². The van der Waals surface area contributed by atoms with E-state index in [0.717, 1.165) is 48.6 Å². The highest BCUT2D eigenvalue weighted by Crippen LogP contribution is 2.37. The number of carbonyl (C=O) groups excluding carboxylic acids is 1. The Balaban J connectivity index is 1.39. The molecule has 1 N–H and O–H groups in total. The van der Waals surface area contributed by atoms with Crippen LogP contribution in [0.1, 0.15) is 69.6 Å². The number of halogens is 1. The fourth-order valence-corrected chi connectivity index (χ4v) is 5.21. The second-order valence-corrected chi connectivity index (χ2v) is 11.1. The zero-order valence-electron chi connectivity index (χ0n) is 20.5. The maximum atomic E-state index is 12.8. The highest BCUT2D eigenvalue weighted by atomic mass is 35.5. The average Bonchev–Trinajstić information content (AvgIpc) is 3.16. The van der Waals surface area contributed by atoms with Crippen LogP contribution < -0.4 is 10.1 Å². The summed E-state index contributed by atoms with van der Waals surface area (Å²) in [6.45, 7) is 5.79. The minimum atomic E-state index is -0.460. The molecule has 2 aromatic heterocycles. The highest BCUT2D eigenvalue weighted by molar-refractivity contribution is 6.30. The van der Waals surface area contributed by atoms with Crippen LogP contribution >= 0.6 is 11.6 Å². The zero-order chi connectivity index (χ0) is 24.6. The number of rotatable bonds is 4. The van der Waals surface area contributed by atoms with E-state index in [0.29, 0.717) is 29.7 Å². The van der Waals surface area contributed by atoms with E-state index in [-0.39, 0.29) is 18.1 Å². The van der Waals surface area contributed by atoms with Gasteiger partial charge in [0.05, 0.1) is 5.69 Å². The van der Waals surface area contributed by atoms with Crippen LogP contribution in [0.15, 0.2) is 42.6 Å². The first kappa shape index (κ1) is 23.8. The molecule has 1 fully saturated rings. The van der Waals surface area contributed by atoms with Gasteiger partial charge in [0.15, 0.2) is 0 Å². The number of aromatic nitrogens is 4. The molecule has 0 radical (unpaired) electrons. The number of fused-ring (bicyclic) bond motifs is 3. The second-order valence-electron chi connectivity index (χ2n) is 10.7. The Bertz CT molecular complexity index is 1200. The van der Waals surface area contributed by atoms with Gasteiger partial charge in [0.2, 0.25) is 11.8 Å². The number of pyridine rings is 1. The molecule has 2 aliphatic rings. The lowest BCUT2D eigenvalue weighted by molar-refractivity contribution is -0.129. The summed E-state index contributed by atoms with van der Waals surface area (Å²) in [6.07, 6.45) is 7.08. The van der Waals surface area contributed by atoms with Gasteiger partial charge in [-0.1, -0.05) is 38.4 Å². The van der Waals surface area contributed by atoms with E-state index < -0.39 is 5.41 Å². The third-order valence-electron chi connectivity index (χ3n) is 6.91. The van der Waals surface area contributed by atoms with Crippen LogP contribution in [-0.4, -0.2) is 37.8 Å². The highest BCUT2D eigenvalue weighted by Gasteiger charge is 2.33. The van der Waals surface area contributed by atoms with E-state index in [1.165, 1.54) is 0 Å². The van der Waals surface area contributed by atoms with Gasteiger partial charge in [-0.2, -0.15) is 0 Å². The maximum Gasteiger partial charge on any atom is 0.225 e. The number of hydrogen-bond acceptors (Lipinski definition) is 5. The van der Waals surface area contributed by atoms with Crippen molar-refractivity contribution in [2.75, 3.05) is 0 Å². The molecule has 184 valence electrons. The predicted octanol–water partition coefficient (Wildman–Crippen LogP) is 5.05. The van der Waals surface area contributed by atoms with E-state index in [1.807, 2.05) is 51.1 Å². The first-order valence-electron chi connectivity index (χ1n) is 12.4. The van der Waals surface area contributed by atoms with Gasteiger partial charge in [-0.15, -0.1) is 10.2 Å². The largest absolute Gasteiger partial charge is 0.474 e. The summed E-state index contributed by atoms with van der Waals surface area (Å²) in [7, 11) is 0. The summed E-state index contributed by atoms with van der Waals surface area (Å²) in [5.74, 6) is 2.88. The first-order chi connectivity index (χ1) is 16.8. The minimum absolute atomic E-state index is 0.0329. The standard InChI is InChI=1S/C27H32ClN5O2/c1-27(2,3)26(34)30-20-15-18-14-19(28)9-12-22(18)33-23(16-20)31-32-25(33)17-7-10-21(11-8-17)35-24-6-4-5-13-29-24/h4-6,9,12-14,17,20-21H,7-8,10-11,15-16H2,1-3H3,(H,30,34)/t17?,20-,21?/m1/s1. The van der Waals surface area contributed by atoms with Crippen LogP contribution in [0.2, 0.25) is 5.02 Å². The molecular weight excluding hydrogens is 462 g/mol. The van der Waals surface area contributed by atoms with E-state index in [4.69, 9.17) is 16.3 Å². The maximum absolute atomic E-state index is 12.8. The van der Waals surface area contributed by atoms with Crippen molar-refractivity contribution in [1.29, 1.82) is 0 Å². The van der Waals surface area contributed by atoms with Crippen molar-refractivity contribution in [3.05, 3.63) is 64.8 Å². The molecule has 0 unspecified atom stereocenters. The van der Waals surface area contributed by atoms with Gasteiger partial charge in [-0.05, 0) is 61.9 Å². The number of nitrogens with zero attached hydrogens (tertiary/aromatic N) is 4. The monoisotopic (exact) mass is 493 g/mol. The van der Waals surface area contributed by atoms with Crippen molar-refractivity contribution in [2.45, 2.75) is 77.4 Å². The van der Waals surface area contributed by atoms with Gasteiger partial charge in [0, 0.05) is 41.1 Å². The van der Waals surface area contributed by atoms with Crippen LogP contribution in [0.5, 0.6) is 5.88 Å². The van der Waals surface area contributed by atoms with Gasteiger partial charge < -0.3 is 10.1 Å². The molecule has 1 aliphatic heterocycles. The Morgan fingerprint density at radius 2 is 1.89 bits per heavy atom. The molecule has 1 saturated carbocycles. The van der Waals surface area contributed by atoms with E-state index >= 15 is 0 Å². The van der Waals surface area contributed by atoms with Crippen molar-refractivity contribution in [3.63, 3.8) is 0 Å². The third-order valence-corrected chi connectivity index (χ3v) is 7.15. The zero-order valence-corrected chi connectivity index (χ0v) is 21.3. The molecule has 1 amide bonds. The fourth-order valence-electron chi connectivity index (χ4n) is 5.01. The molecule has 1 aliphatic carbocycles. The van der Waals surface area contributed by atoms with Gasteiger partial charge in [0.1, 0.15) is 17.8 Å². The summed E-state index contributed by atoms with van der Waals surface area (Å²) >= 11 is 6.38. The quantitative estimate of drug-likeness (QED) is 0.550. The first-order valence-corrected chi connectivity index (χ1v) is 12.8. The summed E-state index contributed by atoms with van der Waals surface area (Å²) in [4.78, 5) is 17.0. The van der Waals surface area contributed by atoms with E-state index in [9.17, 15) is 4.79 Å². The average molecular weight is 494 g/mol. The SMILES string of the molecule is CC(C)(C)C(=O)N[C@@H]1Cc2cc(Cl)ccc2-n2c(nnc2C2CCC(Oc3ccccn3)CC2)C1. The molecule has 0 saturated heterocycles. The van der Waals surface area contributed by atoms with Gasteiger partial charge in [0.25, 0.3) is 0 Å². The Morgan fingerprint density at radius 3 is 2.60 bits per heavy atom. The van der Waals surface area contributed by atoms with Gasteiger partial charge in [-0.25, -0.2) is 4.98 Å². The number of hydrogen-bond donors (Lipinski definition) is 1. The lowest BCUT2D eigenvalue weighted by Gasteiger charge is -2.28. The third kappa shape index (κ3) is 5.20. The molecule has 1 atom stereocenters. The fraction of sp³-hybridized carbons (Fsp3) is 0.481. The van der Waals surface area contributed by atoms with E-state index in [1.54, 1.807) is 6.20 Å². The van der Waals surface area contributed by atoms with Crippen molar-refractivity contribution in [2.24, 2.45) is 5.41 Å². The molecule has 3 aromatic rings. The number of amides is 1. The Labute approximate surface area is 211 Å². The van der Waals surface area contributed by atoms with Gasteiger partial charge in [-0.3, -0.25) is 9.36 Å². The lowest BCUT2D eigenvalue weighted by Crippen LogP contribution is -2.43. The van der Waals surface area contributed by atoms with Crippen molar-refractivity contribution < 1.29 is 9.53 Å². The summed E-state index contributed by atoms with van der Waals surface area (Å²) in [5, 5.41) is 13.2. The summed E-state index contributed by atoms with van der Waals surface area (Å²) < 4.78 is 8.30. The van der Waals surface area contributed by atoms with Gasteiger partial charge >= 0.3 is 0 Å². The van der Waals surface area contributed by atoms with Crippen LogP contribution in [-0.2, 0) is 17.6 Å². The van der Waals surface area contributed by atoms with Crippen LogP contribution in [0.4, 0.5) is 0 Å². The van der Waals surface area contributed by atoms with Crippen LogP contribution in [0, 0.1) is 5.41 Å². The number of benzene rings is 1. The minimum Gasteiger partial charge on any atom is -0.474 e. The molecule has 7 nitrogen and oxygen atoms in total. The summed E-state index contributed by atoms with van der Waals surface area (Å²) in [5.41, 5.74) is 1.70. The topological polar surface area (TPSA) is 81.9 Å². The van der Waals surface area contributed by atoms with Crippen LogP contribution in [0.25, 0.3) is 5.69 Å². The predicted molar refractivity (Wildman–Crippen MR) is 135 cm³/mol. The second kappa shape index (κ2) is 9.61. The molecule has 3 heterocycles.